The summed E-state index contributed by atoms with van der Waals surface area (Å²) in [7, 11) is 1.58. The number of rotatable bonds is 6. The van der Waals surface area contributed by atoms with E-state index in [0.29, 0.717) is 5.69 Å². The molecule has 0 saturated carbocycles. The van der Waals surface area contributed by atoms with E-state index in [4.69, 9.17) is 14.6 Å². The number of aliphatic hydroxyl groups excluding tert-OH is 1. The molecule has 1 rings (SSSR count). The van der Waals surface area contributed by atoms with Crippen LogP contribution in [0.5, 0.6) is 5.75 Å². The molecule has 5 heteroatoms. The number of benzene rings is 1. The maximum Gasteiger partial charge on any atom is 0.250 e. The van der Waals surface area contributed by atoms with Crippen LogP contribution in [0, 0.1) is 0 Å². The van der Waals surface area contributed by atoms with Crippen LogP contribution in [-0.4, -0.2) is 37.9 Å². The van der Waals surface area contributed by atoms with Gasteiger partial charge in [0.2, 0.25) is 5.91 Å². The highest BCUT2D eigenvalue weighted by atomic mass is 16.5. The Morgan fingerprint density at radius 3 is 2.62 bits per heavy atom. The van der Waals surface area contributed by atoms with Crippen LogP contribution >= 0.6 is 0 Å². The maximum atomic E-state index is 11.3. The number of methoxy groups -OCH3 is 1. The van der Waals surface area contributed by atoms with Crippen LogP contribution in [0.25, 0.3) is 0 Å². The second kappa shape index (κ2) is 6.81. The van der Waals surface area contributed by atoms with Crippen LogP contribution in [0.1, 0.15) is 0 Å². The quantitative estimate of drug-likeness (QED) is 0.697. The first-order chi connectivity index (χ1) is 7.76. The van der Waals surface area contributed by atoms with Gasteiger partial charge in [0.05, 0.1) is 20.3 Å². The van der Waals surface area contributed by atoms with E-state index in [1.165, 1.54) is 0 Å². The van der Waals surface area contributed by atoms with Crippen LogP contribution in [-0.2, 0) is 9.53 Å². The van der Waals surface area contributed by atoms with Crippen LogP contribution in [0.15, 0.2) is 24.3 Å². The van der Waals surface area contributed by atoms with Crippen molar-refractivity contribution in [2.75, 3.05) is 32.2 Å². The normalized spacial score (nSPS) is 9.88. The minimum Gasteiger partial charge on any atom is -0.497 e. The number of carbonyl (C=O) groups excluding carboxylic acids is 1. The zero-order chi connectivity index (χ0) is 11.8. The van der Waals surface area contributed by atoms with Crippen LogP contribution in [0.4, 0.5) is 5.69 Å². The Hall–Kier alpha value is -1.59. The second-order valence-electron chi connectivity index (χ2n) is 3.05. The number of hydrogen-bond donors (Lipinski definition) is 2. The van der Waals surface area contributed by atoms with Crippen LogP contribution in [0.2, 0.25) is 0 Å². The van der Waals surface area contributed by atoms with Gasteiger partial charge in [0.15, 0.2) is 0 Å². The highest BCUT2D eigenvalue weighted by molar-refractivity contribution is 5.91. The van der Waals surface area contributed by atoms with Gasteiger partial charge in [0.1, 0.15) is 12.4 Å². The predicted octanol–water partition coefficient (Wildman–Crippen LogP) is 0.643. The van der Waals surface area contributed by atoms with Crippen molar-refractivity contribution in [1.29, 1.82) is 0 Å². The third-order valence-corrected chi connectivity index (χ3v) is 1.84. The smallest absolute Gasteiger partial charge is 0.250 e. The van der Waals surface area contributed by atoms with E-state index in [1.54, 1.807) is 31.4 Å². The van der Waals surface area contributed by atoms with Gasteiger partial charge in [-0.15, -0.1) is 0 Å². The molecule has 88 valence electrons. The van der Waals surface area contributed by atoms with E-state index in [0.717, 1.165) is 5.75 Å². The number of nitrogens with one attached hydrogen (secondary N) is 1. The van der Waals surface area contributed by atoms with Crippen molar-refractivity contribution < 1.29 is 19.4 Å². The fourth-order valence-corrected chi connectivity index (χ4v) is 1.10. The van der Waals surface area contributed by atoms with Gasteiger partial charge < -0.3 is 19.9 Å². The first kappa shape index (κ1) is 12.5. The zero-order valence-electron chi connectivity index (χ0n) is 9.10. The Morgan fingerprint density at radius 2 is 2.06 bits per heavy atom. The summed E-state index contributed by atoms with van der Waals surface area (Å²) in [4.78, 5) is 11.3. The van der Waals surface area contributed by atoms with E-state index in [-0.39, 0.29) is 25.7 Å². The molecule has 0 aliphatic carbocycles. The minimum absolute atomic E-state index is 0.0629. The molecule has 0 heterocycles. The molecule has 1 aromatic rings. The van der Waals surface area contributed by atoms with Crippen molar-refractivity contribution in [3.63, 3.8) is 0 Å². The van der Waals surface area contributed by atoms with Crippen molar-refractivity contribution in [3.05, 3.63) is 24.3 Å². The minimum atomic E-state index is -0.251. The summed E-state index contributed by atoms with van der Waals surface area (Å²) in [6, 6.07) is 6.99. The first-order valence-corrected chi connectivity index (χ1v) is 4.88. The fraction of sp³-hybridized carbons (Fsp3) is 0.364. The zero-order valence-corrected chi connectivity index (χ0v) is 9.10. The Labute approximate surface area is 94.0 Å². The lowest BCUT2D eigenvalue weighted by atomic mass is 10.3. The van der Waals surface area contributed by atoms with Gasteiger partial charge in [0, 0.05) is 5.69 Å². The molecule has 0 unspecified atom stereocenters. The standard InChI is InChI=1S/C11H15NO4/c1-15-10-4-2-9(3-5-10)12-11(14)8-16-7-6-13/h2-5,13H,6-8H2,1H3,(H,12,14). The number of amides is 1. The molecule has 0 radical (unpaired) electrons. The molecular formula is C11H15NO4. The van der Waals surface area contributed by atoms with Gasteiger partial charge in [-0.2, -0.15) is 0 Å². The molecule has 0 saturated heterocycles. The molecule has 0 aliphatic rings. The lowest BCUT2D eigenvalue weighted by Gasteiger charge is -2.06. The summed E-state index contributed by atoms with van der Waals surface area (Å²) in [6.07, 6.45) is 0. The first-order valence-electron chi connectivity index (χ1n) is 4.88. The summed E-state index contributed by atoms with van der Waals surface area (Å²) in [5.41, 5.74) is 0.679. The molecule has 0 fully saturated rings. The monoisotopic (exact) mass is 225 g/mol. The Bertz CT molecular complexity index is 323. The second-order valence-corrected chi connectivity index (χ2v) is 3.05. The number of carbonyl (C=O) groups is 1. The average Bonchev–Trinajstić information content (AvgIpc) is 2.30. The molecule has 1 amide bonds. The van der Waals surface area contributed by atoms with E-state index in [1.807, 2.05) is 0 Å². The predicted molar refractivity (Wildman–Crippen MR) is 59.5 cm³/mol. The highest BCUT2D eigenvalue weighted by Gasteiger charge is 2.02. The molecule has 2 N–H and O–H groups in total. The summed E-state index contributed by atoms with van der Waals surface area (Å²) in [5, 5.41) is 11.1. The molecule has 16 heavy (non-hydrogen) atoms. The van der Waals surface area contributed by atoms with Crippen molar-refractivity contribution in [2.45, 2.75) is 0 Å². The average molecular weight is 225 g/mol. The van der Waals surface area contributed by atoms with Gasteiger partial charge in [-0.25, -0.2) is 0 Å². The van der Waals surface area contributed by atoms with Gasteiger partial charge >= 0.3 is 0 Å². The SMILES string of the molecule is COc1ccc(NC(=O)COCCO)cc1. The van der Waals surface area contributed by atoms with Gasteiger partial charge in [-0.1, -0.05) is 0 Å². The van der Waals surface area contributed by atoms with Gasteiger partial charge in [-0.3, -0.25) is 4.79 Å². The lowest BCUT2D eigenvalue weighted by Crippen LogP contribution is -2.19. The van der Waals surface area contributed by atoms with Crippen LogP contribution < -0.4 is 10.1 Å². The number of aliphatic hydroxyl groups is 1. The lowest BCUT2D eigenvalue weighted by molar-refractivity contribution is -0.120. The molecule has 0 bridgehead atoms. The molecule has 0 atom stereocenters. The molecule has 1 aromatic carbocycles. The Morgan fingerprint density at radius 1 is 1.38 bits per heavy atom. The van der Waals surface area contributed by atoms with Gasteiger partial charge in [-0.05, 0) is 24.3 Å². The Kier molecular flexibility index (Phi) is 5.31. The van der Waals surface area contributed by atoms with Crippen molar-refractivity contribution in [3.8, 4) is 5.75 Å². The summed E-state index contributed by atoms with van der Waals surface area (Å²) >= 11 is 0. The third-order valence-electron chi connectivity index (χ3n) is 1.84. The Balaban J connectivity index is 2.37. The van der Waals surface area contributed by atoms with Gasteiger partial charge in [0.25, 0.3) is 0 Å². The maximum absolute atomic E-state index is 11.3. The van der Waals surface area contributed by atoms with E-state index in [9.17, 15) is 4.79 Å². The summed E-state index contributed by atoms with van der Waals surface area (Å²) in [5.74, 6) is 0.480. The van der Waals surface area contributed by atoms with Crippen molar-refractivity contribution >= 4 is 11.6 Å². The molecular weight excluding hydrogens is 210 g/mol. The summed E-state index contributed by atoms with van der Waals surface area (Å²) < 4.78 is 9.86. The molecule has 5 nitrogen and oxygen atoms in total. The molecule has 0 spiro atoms. The number of anilines is 1. The van der Waals surface area contributed by atoms with E-state index < -0.39 is 0 Å². The van der Waals surface area contributed by atoms with E-state index in [2.05, 4.69) is 5.32 Å². The van der Waals surface area contributed by atoms with E-state index >= 15 is 0 Å². The highest BCUT2D eigenvalue weighted by Crippen LogP contribution is 2.14. The number of hydrogen-bond acceptors (Lipinski definition) is 4. The van der Waals surface area contributed by atoms with Crippen molar-refractivity contribution in [2.24, 2.45) is 0 Å². The third kappa shape index (κ3) is 4.29. The topological polar surface area (TPSA) is 67.8 Å². The number of ether oxygens (including phenoxy) is 2. The fourth-order valence-electron chi connectivity index (χ4n) is 1.10. The van der Waals surface area contributed by atoms with Crippen LogP contribution in [0.3, 0.4) is 0 Å². The van der Waals surface area contributed by atoms with Crippen molar-refractivity contribution in [1.82, 2.24) is 0 Å². The molecule has 0 aliphatic heterocycles. The largest absolute Gasteiger partial charge is 0.497 e. The summed E-state index contributed by atoms with van der Waals surface area (Å²) in [6.45, 7) is 0.0123. The molecule has 0 aromatic heterocycles.